The van der Waals surface area contributed by atoms with Crippen molar-refractivity contribution in [2.75, 3.05) is 73.3 Å². The van der Waals surface area contributed by atoms with E-state index in [4.69, 9.17) is 14.2 Å². The molecule has 0 amide bonds. The largest absolute Gasteiger partial charge is 0.385 e. The summed E-state index contributed by atoms with van der Waals surface area (Å²) in [4.78, 5) is 9.58. The molecule has 29 heavy (non-hydrogen) atoms. The zero-order valence-electron chi connectivity index (χ0n) is 19.2. The molecular formula is C22H44N4O3. The van der Waals surface area contributed by atoms with Gasteiger partial charge in [-0.05, 0) is 25.2 Å². The maximum absolute atomic E-state index is 6.00. The molecule has 0 aliphatic carbocycles. The summed E-state index contributed by atoms with van der Waals surface area (Å²) in [5.41, 5.74) is 0. The molecule has 0 bridgehead atoms. The Bertz CT molecular complexity index is 445. The van der Waals surface area contributed by atoms with Crippen LogP contribution in [0, 0.1) is 5.92 Å². The first-order chi connectivity index (χ1) is 14.2. The summed E-state index contributed by atoms with van der Waals surface area (Å²) < 4.78 is 16.7. The molecule has 0 spiro atoms. The molecule has 2 heterocycles. The molecule has 7 nitrogen and oxygen atoms in total. The average Bonchev–Trinajstić information content (AvgIpc) is 2.78. The van der Waals surface area contributed by atoms with E-state index < -0.39 is 0 Å². The second-order valence-electron chi connectivity index (χ2n) is 8.12. The van der Waals surface area contributed by atoms with Gasteiger partial charge in [0.05, 0.1) is 19.3 Å². The molecule has 1 atom stereocenters. The lowest BCUT2D eigenvalue weighted by molar-refractivity contribution is 0.00186. The minimum atomic E-state index is 0.367. The van der Waals surface area contributed by atoms with Crippen molar-refractivity contribution in [3.8, 4) is 0 Å². The Hall–Kier alpha value is -0.890. The minimum Gasteiger partial charge on any atom is -0.385 e. The van der Waals surface area contributed by atoms with Gasteiger partial charge < -0.3 is 24.4 Å². The van der Waals surface area contributed by atoms with E-state index in [1.54, 1.807) is 7.11 Å². The maximum Gasteiger partial charge on any atom is 0.193 e. The zero-order chi connectivity index (χ0) is 20.9. The Morgan fingerprint density at radius 3 is 2.38 bits per heavy atom. The van der Waals surface area contributed by atoms with Crippen molar-refractivity contribution in [1.82, 2.24) is 15.1 Å². The number of rotatable bonds is 11. The fraction of sp³-hybridized carbons (Fsp3) is 0.955. The molecule has 0 saturated carbocycles. The second kappa shape index (κ2) is 14.2. The Morgan fingerprint density at radius 1 is 1.10 bits per heavy atom. The number of likely N-dealkylation sites (tertiary alicyclic amines) is 1. The number of methoxy groups -OCH3 is 1. The highest BCUT2D eigenvalue weighted by Gasteiger charge is 2.28. The van der Waals surface area contributed by atoms with Crippen LogP contribution in [0.2, 0.25) is 0 Å². The predicted molar refractivity (Wildman–Crippen MR) is 119 cm³/mol. The summed E-state index contributed by atoms with van der Waals surface area (Å²) in [7, 11) is 3.64. The molecule has 170 valence electrons. The molecule has 1 N–H and O–H groups in total. The fourth-order valence-corrected chi connectivity index (χ4v) is 4.55. The quantitative estimate of drug-likeness (QED) is 0.319. The topological polar surface area (TPSA) is 58.6 Å². The summed E-state index contributed by atoms with van der Waals surface area (Å²) in [6.07, 6.45) is 5.89. The van der Waals surface area contributed by atoms with E-state index in [-0.39, 0.29) is 0 Å². The summed E-state index contributed by atoms with van der Waals surface area (Å²) in [5.74, 6) is 1.73. The van der Waals surface area contributed by atoms with Crippen LogP contribution in [0.3, 0.4) is 0 Å². The third-order valence-electron chi connectivity index (χ3n) is 6.38. The van der Waals surface area contributed by atoms with Gasteiger partial charge in [0.2, 0.25) is 0 Å². The summed E-state index contributed by atoms with van der Waals surface area (Å²) in [5, 5.41) is 3.70. The van der Waals surface area contributed by atoms with E-state index in [0.29, 0.717) is 18.1 Å². The molecule has 2 aliphatic rings. The Morgan fingerprint density at radius 2 is 1.79 bits per heavy atom. The van der Waals surface area contributed by atoms with Gasteiger partial charge in [-0.1, -0.05) is 26.7 Å². The smallest absolute Gasteiger partial charge is 0.193 e. The van der Waals surface area contributed by atoms with Crippen LogP contribution in [-0.4, -0.2) is 101 Å². The maximum atomic E-state index is 6.00. The van der Waals surface area contributed by atoms with E-state index in [0.717, 1.165) is 84.4 Å². The predicted octanol–water partition coefficient (Wildman–Crippen LogP) is 2.22. The standard InChI is InChI=1S/C22H44N4O3/c1-5-19(6-2)21(25-12-16-28-17-13-25)18-24-22(23-3)26-10-8-20(9-11-26)29-15-7-14-27-4/h19-21H,5-18H2,1-4H3,(H,23,24). The molecule has 0 radical (unpaired) electrons. The highest BCUT2D eigenvalue weighted by molar-refractivity contribution is 5.80. The lowest BCUT2D eigenvalue weighted by Gasteiger charge is -2.40. The molecular weight excluding hydrogens is 368 g/mol. The van der Waals surface area contributed by atoms with Crippen LogP contribution in [0.15, 0.2) is 4.99 Å². The number of ether oxygens (including phenoxy) is 3. The van der Waals surface area contributed by atoms with Gasteiger partial charge >= 0.3 is 0 Å². The van der Waals surface area contributed by atoms with Crippen LogP contribution in [0.4, 0.5) is 0 Å². The molecule has 0 aromatic heterocycles. The molecule has 2 aliphatic heterocycles. The van der Waals surface area contributed by atoms with Crippen LogP contribution in [-0.2, 0) is 14.2 Å². The van der Waals surface area contributed by atoms with E-state index in [1.165, 1.54) is 12.8 Å². The van der Waals surface area contributed by atoms with Gasteiger partial charge in [-0.25, -0.2) is 0 Å². The second-order valence-corrected chi connectivity index (χ2v) is 8.12. The number of guanidine groups is 1. The van der Waals surface area contributed by atoms with Crippen molar-refractivity contribution in [3.05, 3.63) is 0 Å². The number of morpholine rings is 1. The SMILES string of the molecule is CCC(CC)C(CNC(=NC)N1CCC(OCCCOC)CC1)N1CCOCC1. The number of hydrogen-bond acceptors (Lipinski definition) is 5. The first-order valence-corrected chi connectivity index (χ1v) is 11.6. The van der Waals surface area contributed by atoms with Crippen LogP contribution < -0.4 is 5.32 Å². The van der Waals surface area contributed by atoms with Gasteiger partial charge in [0, 0.05) is 66.1 Å². The van der Waals surface area contributed by atoms with Crippen LogP contribution in [0.5, 0.6) is 0 Å². The van der Waals surface area contributed by atoms with E-state index in [9.17, 15) is 0 Å². The van der Waals surface area contributed by atoms with Gasteiger partial charge in [0.15, 0.2) is 5.96 Å². The van der Waals surface area contributed by atoms with Crippen molar-refractivity contribution in [1.29, 1.82) is 0 Å². The summed E-state index contributed by atoms with van der Waals surface area (Å²) in [6, 6.07) is 0.535. The lowest BCUT2D eigenvalue weighted by atomic mass is 9.92. The van der Waals surface area contributed by atoms with Crippen molar-refractivity contribution in [2.24, 2.45) is 10.9 Å². The van der Waals surface area contributed by atoms with Crippen LogP contribution in [0.25, 0.3) is 0 Å². The van der Waals surface area contributed by atoms with Crippen molar-refractivity contribution >= 4 is 5.96 Å². The Labute approximate surface area is 178 Å². The molecule has 2 saturated heterocycles. The summed E-state index contributed by atoms with van der Waals surface area (Å²) >= 11 is 0. The van der Waals surface area contributed by atoms with Crippen molar-refractivity contribution in [3.63, 3.8) is 0 Å². The monoisotopic (exact) mass is 412 g/mol. The number of nitrogens with one attached hydrogen (secondary N) is 1. The van der Waals surface area contributed by atoms with Crippen molar-refractivity contribution in [2.45, 2.75) is 58.1 Å². The number of piperidine rings is 1. The number of hydrogen-bond donors (Lipinski definition) is 1. The molecule has 2 fully saturated rings. The Balaban J connectivity index is 1.81. The van der Waals surface area contributed by atoms with E-state index in [2.05, 4.69) is 34.0 Å². The molecule has 0 aromatic carbocycles. The first-order valence-electron chi connectivity index (χ1n) is 11.6. The normalized spacial score (nSPS) is 21.0. The highest BCUT2D eigenvalue weighted by Crippen LogP contribution is 2.20. The van der Waals surface area contributed by atoms with E-state index in [1.807, 2.05) is 7.05 Å². The Kier molecular flexibility index (Phi) is 11.9. The zero-order valence-corrected chi connectivity index (χ0v) is 19.2. The van der Waals surface area contributed by atoms with Gasteiger partial charge in [0.1, 0.15) is 0 Å². The fourth-order valence-electron chi connectivity index (χ4n) is 4.55. The summed E-state index contributed by atoms with van der Waals surface area (Å²) in [6.45, 7) is 12.9. The third kappa shape index (κ3) is 8.04. The van der Waals surface area contributed by atoms with Gasteiger partial charge in [0.25, 0.3) is 0 Å². The van der Waals surface area contributed by atoms with Gasteiger partial charge in [-0.15, -0.1) is 0 Å². The number of nitrogens with zero attached hydrogens (tertiary/aromatic N) is 3. The van der Waals surface area contributed by atoms with Crippen LogP contribution >= 0.6 is 0 Å². The number of aliphatic imine (C=N–C) groups is 1. The third-order valence-corrected chi connectivity index (χ3v) is 6.38. The van der Waals surface area contributed by atoms with Crippen LogP contribution in [0.1, 0.15) is 46.0 Å². The first kappa shape index (κ1) is 24.4. The minimum absolute atomic E-state index is 0.367. The lowest BCUT2D eigenvalue weighted by Crippen LogP contribution is -2.54. The van der Waals surface area contributed by atoms with E-state index >= 15 is 0 Å². The molecule has 1 unspecified atom stereocenters. The molecule has 2 rings (SSSR count). The van der Waals surface area contributed by atoms with Gasteiger partial charge in [-0.2, -0.15) is 0 Å². The molecule has 0 aromatic rings. The van der Waals surface area contributed by atoms with Crippen molar-refractivity contribution < 1.29 is 14.2 Å². The highest BCUT2D eigenvalue weighted by atomic mass is 16.5. The molecule has 7 heteroatoms. The van der Waals surface area contributed by atoms with Gasteiger partial charge in [-0.3, -0.25) is 9.89 Å². The average molecular weight is 413 g/mol.